The fourth-order valence-corrected chi connectivity index (χ4v) is 2.60. The van der Waals surface area contributed by atoms with Crippen molar-refractivity contribution < 1.29 is 9.90 Å². The molecule has 17 heavy (non-hydrogen) atoms. The van der Waals surface area contributed by atoms with E-state index in [1.165, 1.54) is 0 Å². The van der Waals surface area contributed by atoms with E-state index >= 15 is 0 Å². The topological polar surface area (TPSA) is 54.6 Å². The van der Waals surface area contributed by atoms with Gasteiger partial charge in [0.25, 0.3) is 0 Å². The molecule has 2 aromatic heterocycles. The Morgan fingerprint density at radius 1 is 1.53 bits per heavy atom. The molecule has 0 radical (unpaired) electrons. The largest absolute Gasteiger partial charge is 0.476 e. The first-order chi connectivity index (χ1) is 7.91. The Labute approximate surface area is 107 Å². The van der Waals surface area contributed by atoms with Crippen molar-refractivity contribution in [2.45, 2.75) is 26.7 Å². The molecule has 0 aliphatic rings. The van der Waals surface area contributed by atoms with Gasteiger partial charge in [-0.3, -0.25) is 0 Å². The predicted molar refractivity (Wildman–Crippen MR) is 68.7 cm³/mol. The normalized spacial score (nSPS) is 11.4. The molecule has 0 amide bonds. The molecule has 0 aromatic carbocycles. The number of imidazole rings is 1. The van der Waals surface area contributed by atoms with Crippen LogP contribution in [0.15, 0.2) is 16.7 Å². The average Bonchev–Trinajstić information content (AvgIpc) is 2.56. The van der Waals surface area contributed by atoms with Crippen LogP contribution in [0.1, 0.15) is 41.5 Å². The molecule has 5 heteroatoms. The summed E-state index contributed by atoms with van der Waals surface area (Å²) in [6.07, 6.45) is 1.91. The molecule has 0 spiro atoms. The third-order valence-electron chi connectivity index (χ3n) is 2.60. The summed E-state index contributed by atoms with van der Waals surface area (Å²) in [6.45, 7) is 5.90. The Bertz CT molecular complexity index is 602. The maximum Gasteiger partial charge on any atom is 0.356 e. The van der Waals surface area contributed by atoms with Crippen molar-refractivity contribution in [3.05, 3.63) is 33.7 Å². The molecule has 1 N–H and O–H groups in total. The molecule has 0 atom stereocenters. The summed E-state index contributed by atoms with van der Waals surface area (Å²) in [4.78, 5) is 15.4. The van der Waals surface area contributed by atoms with Crippen molar-refractivity contribution in [2.24, 2.45) is 0 Å². The second-order valence-corrected chi connectivity index (χ2v) is 5.22. The summed E-state index contributed by atoms with van der Waals surface area (Å²) in [7, 11) is 0. The first kappa shape index (κ1) is 12.1. The zero-order chi connectivity index (χ0) is 12.7. The van der Waals surface area contributed by atoms with Crippen LogP contribution in [0, 0.1) is 6.92 Å². The number of carboxylic acid groups (broad SMARTS) is 1. The summed E-state index contributed by atoms with van der Waals surface area (Å²) < 4.78 is 2.67. The molecule has 0 bridgehead atoms. The third-order valence-corrected chi connectivity index (χ3v) is 3.18. The van der Waals surface area contributed by atoms with E-state index in [1.807, 2.05) is 37.4 Å². The van der Waals surface area contributed by atoms with E-state index in [2.05, 4.69) is 20.9 Å². The van der Waals surface area contributed by atoms with Crippen molar-refractivity contribution in [2.75, 3.05) is 0 Å². The monoisotopic (exact) mass is 296 g/mol. The zero-order valence-corrected chi connectivity index (χ0v) is 11.4. The van der Waals surface area contributed by atoms with Crippen LogP contribution < -0.4 is 0 Å². The van der Waals surface area contributed by atoms with Crippen LogP contribution in [0.25, 0.3) is 5.65 Å². The van der Waals surface area contributed by atoms with Crippen molar-refractivity contribution in [1.29, 1.82) is 0 Å². The van der Waals surface area contributed by atoms with Gasteiger partial charge in [-0.05, 0) is 40.4 Å². The number of hydrogen-bond acceptors (Lipinski definition) is 2. The smallest absolute Gasteiger partial charge is 0.356 e. The quantitative estimate of drug-likeness (QED) is 0.926. The molecule has 2 rings (SSSR count). The van der Waals surface area contributed by atoms with Gasteiger partial charge in [-0.2, -0.15) is 0 Å². The molecule has 2 heterocycles. The number of rotatable bonds is 2. The van der Waals surface area contributed by atoms with Gasteiger partial charge >= 0.3 is 5.97 Å². The van der Waals surface area contributed by atoms with Crippen molar-refractivity contribution in [1.82, 2.24) is 9.38 Å². The molecule has 0 saturated carbocycles. The Morgan fingerprint density at radius 2 is 2.18 bits per heavy atom. The van der Waals surface area contributed by atoms with E-state index in [4.69, 9.17) is 0 Å². The first-order valence-electron chi connectivity index (χ1n) is 5.33. The van der Waals surface area contributed by atoms with Crippen molar-refractivity contribution in [3.63, 3.8) is 0 Å². The highest BCUT2D eigenvalue weighted by atomic mass is 79.9. The lowest BCUT2D eigenvalue weighted by atomic mass is 10.1. The minimum atomic E-state index is -0.984. The Morgan fingerprint density at radius 3 is 2.71 bits per heavy atom. The number of aromatic carboxylic acids is 1. The highest BCUT2D eigenvalue weighted by molar-refractivity contribution is 9.10. The zero-order valence-electron chi connectivity index (χ0n) is 9.86. The maximum absolute atomic E-state index is 11.2. The lowest BCUT2D eigenvalue weighted by Crippen LogP contribution is -2.05. The van der Waals surface area contributed by atoms with Gasteiger partial charge in [0.05, 0.1) is 10.2 Å². The number of fused-ring (bicyclic) bond motifs is 1. The Kier molecular flexibility index (Phi) is 2.95. The van der Waals surface area contributed by atoms with Crippen LogP contribution in [-0.4, -0.2) is 20.5 Å². The number of aryl methyl sites for hydroxylation is 1. The average molecular weight is 297 g/mol. The summed E-state index contributed by atoms with van der Waals surface area (Å²) in [5.74, 6) is -0.883. The number of carboxylic acids is 1. The van der Waals surface area contributed by atoms with E-state index in [9.17, 15) is 9.90 Å². The molecular formula is C12H13BrN2O2. The molecule has 0 fully saturated rings. The molecule has 0 saturated heterocycles. The van der Waals surface area contributed by atoms with Crippen molar-refractivity contribution >= 4 is 27.5 Å². The Balaban J connectivity index is 2.90. The van der Waals surface area contributed by atoms with Crippen LogP contribution in [-0.2, 0) is 0 Å². The molecule has 0 aliphatic carbocycles. The van der Waals surface area contributed by atoms with Gasteiger partial charge in [-0.25, -0.2) is 9.78 Å². The number of aromatic nitrogens is 2. The van der Waals surface area contributed by atoms with Crippen molar-refractivity contribution in [3.8, 4) is 0 Å². The summed E-state index contributed by atoms with van der Waals surface area (Å²) >= 11 is 3.42. The van der Waals surface area contributed by atoms with Crippen LogP contribution >= 0.6 is 15.9 Å². The third kappa shape index (κ3) is 1.95. The number of halogens is 1. The number of nitrogens with zero attached hydrogens (tertiary/aromatic N) is 2. The van der Waals surface area contributed by atoms with Gasteiger partial charge in [-0.1, -0.05) is 13.8 Å². The first-order valence-corrected chi connectivity index (χ1v) is 6.12. The van der Waals surface area contributed by atoms with Crippen LogP contribution in [0.2, 0.25) is 0 Å². The standard InChI is InChI=1S/C12H13BrN2O2/c1-6(2)10-9(12(16)17)14-11-8(13)4-7(3)5-15(10)11/h4-6H,1-3H3,(H,16,17). The summed E-state index contributed by atoms with van der Waals surface area (Å²) in [6, 6.07) is 1.93. The Hall–Kier alpha value is -1.36. The maximum atomic E-state index is 11.2. The summed E-state index contributed by atoms with van der Waals surface area (Å²) in [5, 5.41) is 9.18. The lowest BCUT2D eigenvalue weighted by molar-refractivity contribution is 0.0689. The van der Waals surface area contributed by atoms with Gasteiger partial charge in [0, 0.05) is 6.20 Å². The van der Waals surface area contributed by atoms with Crippen LogP contribution in [0.3, 0.4) is 0 Å². The second kappa shape index (κ2) is 4.14. The molecule has 0 aliphatic heterocycles. The summed E-state index contributed by atoms with van der Waals surface area (Å²) in [5.41, 5.74) is 2.57. The van der Waals surface area contributed by atoms with Gasteiger partial charge in [0.2, 0.25) is 0 Å². The second-order valence-electron chi connectivity index (χ2n) is 4.36. The van der Waals surface area contributed by atoms with E-state index in [-0.39, 0.29) is 11.6 Å². The van der Waals surface area contributed by atoms with Gasteiger partial charge in [0.1, 0.15) is 0 Å². The van der Waals surface area contributed by atoms with E-state index in [0.717, 1.165) is 15.7 Å². The number of pyridine rings is 1. The van der Waals surface area contributed by atoms with E-state index in [1.54, 1.807) is 0 Å². The molecule has 0 unspecified atom stereocenters. The van der Waals surface area contributed by atoms with Crippen LogP contribution in [0.4, 0.5) is 0 Å². The lowest BCUT2D eigenvalue weighted by Gasteiger charge is -2.07. The fourth-order valence-electron chi connectivity index (χ4n) is 1.96. The molecule has 2 aromatic rings. The van der Waals surface area contributed by atoms with Crippen LogP contribution in [0.5, 0.6) is 0 Å². The highest BCUT2D eigenvalue weighted by Gasteiger charge is 2.21. The number of carbonyl (C=O) groups is 1. The van der Waals surface area contributed by atoms with E-state index in [0.29, 0.717) is 5.65 Å². The highest BCUT2D eigenvalue weighted by Crippen LogP contribution is 2.26. The van der Waals surface area contributed by atoms with E-state index < -0.39 is 5.97 Å². The van der Waals surface area contributed by atoms with Gasteiger partial charge in [-0.15, -0.1) is 0 Å². The minimum absolute atomic E-state index is 0.102. The SMILES string of the molecule is Cc1cc(Br)c2nc(C(=O)O)c(C(C)C)n2c1. The predicted octanol–water partition coefficient (Wildman–Crippen LogP) is 3.23. The van der Waals surface area contributed by atoms with Gasteiger partial charge < -0.3 is 9.51 Å². The number of hydrogen-bond donors (Lipinski definition) is 1. The molecule has 4 nitrogen and oxygen atoms in total. The fraction of sp³-hybridized carbons (Fsp3) is 0.333. The molecule has 90 valence electrons. The minimum Gasteiger partial charge on any atom is -0.476 e. The molecular weight excluding hydrogens is 284 g/mol. The van der Waals surface area contributed by atoms with Gasteiger partial charge in [0.15, 0.2) is 11.3 Å².